The fraction of sp³-hybridized carbons (Fsp3) is 0.667. The van der Waals surface area contributed by atoms with Crippen molar-refractivity contribution in [1.29, 1.82) is 0 Å². The molecule has 6 heteroatoms. The number of nitrogens with one attached hydrogen (secondary N) is 2. The molecule has 0 saturated heterocycles. The minimum Gasteiger partial charge on any atom is -0.393 e. The molecule has 0 unspecified atom stereocenters. The molecule has 1 aromatic heterocycles. The maximum atomic E-state index is 9.55. The molecule has 2 rings (SSSR count). The number of hydrogen-bond acceptors (Lipinski definition) is 3. The van der Waals surface area contributed by atoms with Crippen LogP contribution in [0, 0.1) is 6.92 Å². The summed E-state index contributed by atoms with van der Waals surface area (Å²) >= 11 is 1.76. The first-order chi connectivity index (χ1) is 9.69. The average Bonchev–Trinajstić information content (AvgIpc) is 2.84. The Kier molecular flexibility index (Phi) is 8.58. The van der Waals surface area contributed by atoms with Crippen LogP contribution < -0.4 is 10.6 Å². The molecule has 0 radical (unpaired) electrons. The molecule has 0 amide bonds. The summed E-state index contributed by atoms with van der Waals surface area (Å²) in [6, 6.07) is 2.57. The van der Waals surface area contributed by atoms with E-state index in [9.17, 15) is 5.11 Å². The molecule has 0 aliphatic heterocycles. The molecule has 1 heterocycles. The third-order valence-corrected chi connectivity index (χ3v) is 4.74. The van der Waals surface area contributed by atoms with E-state index in [2.05, 4.69) is 40.9 Å². The highest BCUT2D eigenvalue weighted by Gasteiger charge is 2.19. The fourth-order valence-corrected chi connectivity index (χ4v) is 3.28. The van der Waals surface area contributed by atoms with Crippen LogP contribution in [0.2, 0.25) is 0 Å². The molecule has 1 fully saturated rings. The van der Waals surface area contributed by atoms with Gasteiger partial charge in [0.25, 0.3) is 0 Å². The standard InChI is InChI=1S/C15H25N3OS.HI/c1-3-16-15(17-10-14-11(2)8-9-20-14)18-12-4-6-13(19)7-5-12;/h8-9,12-13,19H,3-7,10H2,1-2H3,(H2,16,17,18);1H. The van der Waals surface area contributed by atoms with Crippen LogP contribution in [0.5, 0.6) is 0 Å². The van der Waals surface area contributed by atoms with Crippen LogP contribution in [0.1, 0.15) is 43.0 Å². The molecule has 1 aliphatic rings. The number of halogens is 1. The Hall–Kier alpha value is -0.340. The largest absolute Gasteiger partial charge is 0.393 e. The van der Waals surface area contributed by atoms with Gasteiger partial charge >= 0.3 is 0 Å². The first-order valence-electron chi connectivity index (χ1n) is 7.45. The number of hydrogen-bond donors (Lipinski definition) is 3. The van der Waals surface area contributed by atoms with Crippen LogP contribution in [-0.2, 0) is 6.54 Å². The van der Waals surface area contributed by atoms with Crippen molar-refractivity contribution >= 4 is 41.3 Å². The van der Waals surface area contributed by atoms with Crippen LogP contribution in [-0.4, -0.2) is 29.8 Å². The Morgan fingerprint density at radius 1 is 1.38 bits per heavy atom. The molecule has 0 bridgehead atoms. The molecular weight excluding hydrogens is 397 g/mol. The summed E-state index contributed by atoms with van der Waals surface area (Å²) in [4.78, 5) is 5.99. The van der Waals surface area contributed by atoms with Gasteiger partial charge in [-0.05, 0) is 56.5 Å². The van der Waals surface area contributed by atoms with Crippen LogP contribution in [0.4, 0.5) is 0 Å². The second kappa shape index (κ2) is 9.63. The minimum absolute atomic E-state index is 0. The molecule has 4 nitrogen and oxygen atoms in total. The Bertz CT molecular complexity index is 442. The lowest BCUT2D eigenvalue weighted by Crippen LogP contribution is -2.45. The summed E-state index contributed by atoms with van der Waals surface area (Å²) in [6.45, 7) is 5.81. The van der Waals surface area contributed by atoms with E-state index >= 15 is 0 Å². The van der Waals surface area contributed by atoms with Crippen LogP contribution in [0.25, 0.3) is 0 Å². The fourth-order valence-electron chi connectivity index (χ4n) is 2.45. The number of guanidine groups is 1. The highest BCUT2D eigenvalue weighted by Crippen LogP contribution is 2.19. The quantitative estimate of drug-likeness (QED) is 0.397. The molecule has 1 aromatic rings. The number of thiophene rings is 1. The number of nitrogens with zero attached hydrogens (tertiary/aromatic N) is 1. The molecule has 21 heavy (non-hydrogen) atoms. The van der Waals surface area contributed by atoms with Crippen molar-refractivity contribution in [3.8, 4) is 0 Å². The molecule has 1 saturated carbocycles. The lowest BCUT2D eigenvalue weighted by molar-refractivity contribution is 0.120. The zero-order valence-electron chi connectivity index (χ0n) is 12.8. The predicted octanol–water partition coefficient (Wildman–Crippen LogP) is 3.03. The van der Waals surface area contributed by atoms with E-state index in [1.54, 1.807) is 11.3 Å². The highest BCUT2D eigenvalue weighted by atomic mass is 127. The van der Waals surface area contributed by atoms with Crippen LogP contribution in [0.3, 0.4) is 0 Å². The molecule has 0 aromatic carbocycles. The van der Waals surface area contributed by atoms with Gasteiger partial charge in [0, 0.05) is 17.5 Å². The third-order valence-electron chi connectivity index (χ3n) is 3.73. The molecule has 0 spiro atoms. The summed E-state index contributed by atoms with van der Waals surface area (Å²) in [5.41, 5.74) is 1.32. The number of aliphatic imine (C=N–C) groups is 1. The number of aliphatic hydroxyl groups excluding tert-OH is 1. The van der Waals surface area contributed by atoms with Gasteiger partial charge in [0.15, 0.2) is 5.96 Å². The Morgan fingerprint density at radius 3 is 2.67 bits per heavy atom. The number of aryl methyl sites for hydroxylation is 1. The lowest BCUT2D eigenvalue weighted by atomic mass is 9.93. The second-order valence-corrected chi connectivity index (χ2v) is 6.37. The van der Waals surface area contributed by atoms with Gasteiger partial charge in [-0.3, -0.25) is 0 Å². The van der Waals surface area contributed by atoms with E-state index in [0.717, 1.165) is 44.7 Å². The summed E-state index contributed by atoms with van der Waals surface area (Å²) in [5.74, 6) is 0.890. The van der Waals surface area contributed by atoms with Crippen LogP contribution >= 0.6 is 35.3 Å². The van der Waals surface area contributed by atoms with Gasteiger partial charge in [0.2, 0.25) is 0 Å². The van der Waals surface area contributed by atoms with E-state index < -0.39 is 0 Å². The van der Waals surface area contributed by atoms with Crippen molar-refractivity contribution in [2.75, 3.05) is 6.54 Å². The number of aliphatic hydroxyl groups is 1. The minimum atomic E-state index is -0.110. The van der Waals surface area contributed by atoms with E-state index in [-0.39, 0.29) is 30.1 Å². The third kappa shape index (κ3) is 6.12. The molecule has 1 aliphatic carbocycles. The SMILES string of the molecule is CCNC(=NCc1sccc1C)NC1CCC(O)CC1.I. The molecule has 0 atom stereocenters. The van der Waals surface area contributed by atoms with Gasteiger partial charge in [-0.2, -0.15) is 0 Å². The Labute approximate surface area is 148 Å². The lowest BCUT2D eigenvalue weighted by Gasteiger charge is -2.27. The zero-order valence-corrected chi connectivity index (χ0v) is 15.9. The number of rotatable bonds is 4. The predicted molar refractivity (Wildman–Crippen MR) is 101 cm³/mol. The summed E-state index contributed by atoms with van der Waals surface area (Å²) in [7, 11) is 0. The summed E-state index contributed by atoms with van der Waals surface area (Å²) < 4.78 is 0. The summed E-state index contributed by atoms with van der Waals surface area (Å²) in [6.07, 6.45) is 3.71. The van der Waals surface area contributed by atoms with Crippen molar-refractivity contribution in [1.82, 2.24) is 10.6 Å². The van der Waals surface area contributed by atoms with E-state index in [4.69, 9.17) is 0 Å². The van der Waals surface area contributed by atoms with Gasteiger partial charge in [-0.25, -0.2) is 4.99 Å². The van der Waals surface area contributed by atoms with E-state index in [1.807, 2.05) is 0 Å². The van der Waals surface area contributed by atoms with E-state index in [0.29, 0.717) is 6.04 Å². The van der Waals surface area contributed by atoms with Crippen molar-refractivity contribution in [3.05, 3.63) is 21.9 Å². The molecular formula is C15H26IN3OS. The van der Waals surface area contributed by atoms with Crippen molar-refractivity contribution in [3.63, 3.8) is 0 Å². The van der Waals surface area contributed by atoms with Crippen molar-refractivity contribution in [2.24, 2.45) is 4.99 Å². The normalized spacial score (nSPS) is 22.5. The monoisotopic (exact) mass is 423 g/mol. The maximum Gasteiger partial charge on any atom is 0.191 e. The molecule has 120 valence electrons. The van der Waals surface area contributed by atoms with Crippen molar-refractivity contribution in [2.45, 2.75) is 58.2 Å². The van der Waals surface area contributed by atoms with Crippen molar-refractivity contribution < 1.29 is 5.11 Å². The Balaban J connectivity index is 0.00000220. The summed E-state index contributed by atoms with van der Waals surface area (Å²) in [5, 5.41) is 18.5. The van der Waals surface area contributed by atoms with E-state index in [1.165, 1.54) is 10.4 Å². The van der Waals surface area contributed by atoms with Gasteiger partial charge in [-0.15, -0.1) is 35.3 Å². The first-order valence-corrected chi connectivity index (χ1v) is 8.33. The maximum absolute atomic E-state index is 9.55. The first kappa shape index (κ1) is 18.7. The Morgan fingerprint density at radius 2 is 2.10 bits per heavy atom. The van der Waals surface area contributed by atoms with Gasteiger partial charge in [0.1, 0.15) is 0 Å². The second-order valence-electron chi connectivity index (χ2n) is 5.37. The van der Waals surface area contributed by atoms with Gasteiger partial charge < -0.3 is 15.7 Å². The van der Waals surface area contributed by atoms with Crippen LogP contribution in [0.15, 0.2) is 16.4 Å². The zero-order chi connectivity index (χ0) is 14.4. The van der Waals surface area contributed by atoms with Gasteiger partial charge in [0.05, 0.1) is 12.6 Å². The highest BCUT2D eigenvalue weighted by molar-refractivity contribution is 14.0. The topological polar surface area (TPSA) is 56.7 Å². The smallest absolute Gasteiger partial charge is 0.191 e. The van der Waals surface area contributed by atoms with Gasteiger partial charge in [-0.1, -0.05) is 0 Å². The average molecular weight is 423 g/mol. The molecule has 3 N–H and O–H groups in total.